The largest absolute Gasteiger partial charge is 0.481 e. The molecular weight excluding hydrogens is 284 g/mol. The number of carbonyl (C=O) groups excluding carboxylic acids is 1. The van der Waals surface area contributed by atoms with Crippen LogP contribution in [0.5, 0.6) is 5.75 Å². The molecule has 0 heterocycles. The van der Waals surface area contributed by atoms with Gasteiger partial charge in [-0.25, -0.2) is 0 Å². The van der Waals surface area contributed by atoms with Gasteiger partial charge in [-0.05, 0) is 31.4 Å². The molecule has 0 unspecified atom stereocenters. The van der Waals surface area contributed by atoms with Gasteiger partial charge in [-0.3, -0.25) is 9.59 Å². The number of ether oxygens (including phenoxy) is 1. The summed E-state index contributed by atoms with van der Waals surface area (Å²) in [6.45, 7) is -3.01. The van der Waals surface area contributed by atoms with Gasteiger partial charge in [0.15, 0.2) is 0 Å². The van der Waals surface area contributed by atoms with Crippen LogP contribution in [0.25, 0.3) is 0 Å². The summed E-state index contributed by atoms with van der Waals surface area (Å²) in [7, 11) is 0. The van der Waals surface area contributed by atoms with E-state index in [1.807, 2.05) is 0 Å². The minimum Gasteiger partial charge on any atom is -0.481 e. The van der Waals surface area contributed by atoms with Crippen molar-refractivity contribution in [2.75, 3.05) is 0 Å². The highest BCUT2D eigenvalue weighted by atomic mass is 19.3. The number of carboxylic acid groups (broad SMARTS) is 1. The zero-order valence-electron chi connectivity index (χ0n) is 11.1. The van der Waals surface area contributed by atoms with Crippen LogP contribution in [0.3, 0.4) is 0 Å². The van der Waals surface area contributed by atoms with Crippen molar-refractivity contribution in [1.82, 2.24) is 5.32 Å². The molecule has 114 valence electrons. The quantitative estimate of drug-likeness (QED) is 0.874. The third-order valence-corrected chi connectivity index (χ3v) is 3.46. The van der Waals surface area contributed by atoms with Gasteiger partial charge in [0.1, 0.15) is 5.75 Å². The van der Waals surface area contributed by atoms with Crippen molar-refractivity contribution >= 4 is 11.9 Å². The number of halogens is 2. The molecule has 1 aromatic carbocycles. The Kier molecular flexibility index (Phi) is 4.72. The Balaban J connectivity index is 2.02. The van der Waals surface area contributed by atoms with Crippen LogP contribution in [0, 0.1) is 5.92 Å². The predicted molar refractivity (Wildman–Crippen MR) is 69.3 cm³/mol. The first-order chi connectivity index (χ1) is 9.97. The summed E-state index contributed by atoms with van der Waals surface area (Å²) >= 11 is 0. The molecule has 0 bridgehead atoms. The average molecular weight is 299 g/mol. The predicted octanol–water partition coefficient (Wildman–Crippen LogP) is 2.27. The van der Waals surface area contributed by atoms with Gasteiger partial charge in [-0.1, -0.05) is 12.1 Å². The number of rotatable bonds is 5. The Morgan fingerprint density at radius 3 is 2.62 bits per heavy atom. The lowest BCUT2D eigenvalue weighted by Crippen LogP contribution is -2.33. The average Bonchev–Trinajstić information content (AvgIpc) is 2.87. The van der Waals surface area contributed by atoms with Crippen LogP contribution in [0.1, 0.15) is 29.6 Å². The van der Waals surface area contributed by atoms with Gasteiger partial charge < -0.3 is 15.2 Å². The van der Waals surface area contributed by atoms with E-state index in [9.17, 15) is 18.4 Å². The van der Waals surface area contributed by atoms with Crippen LogP contribution >= 0.6 is 0 Å². The van der Waals surface area contributed by atoms with Crippen molar-refractivity contribution in [1.29, 1.82) is 0 Å². The number of carboxylic acids is 1. The van der Waals surface area contributed by atoms with E-state index in [0.717, 1.165) is 0 Å². The molecule has 0 saturated heterocycles. The molecule has 1 fully saturated rings. The third kappa shape index (κ3) is 3.90. The first-order valence-corrected chi connectivity index (χ1v) is 6.55. The van der Waals surface area contributed by atoms with Gasteiger partial charge in [0, 0.05) is 6.04 Å². The smallest absolute Gasteiger partial charge is 0.387 e. The normalized spacial score (nSPS) is 21.3. The Morgan fingerprint density at radius 2 is 2.00 bits per heavy atom. The fourth-order valence-corrected chi connectivity index (χ4v) is 2.45. The number of alkyl halides is 2. The number of amides is 1. The molecule has 1 aliphatic rings. The molecule has 1 amide bonds. The SMILES string of the molecule is O=C(N[C@@H]1CC[C@H](C(=O)O)C1)c1ccccc1OC(F)F. The second-order valence-corrected chi connectivity index (χ2v) is 4.89. The minimum atomic E-state index is -3.01. The number of carbonyl (C=O) groups is 2. The van der Waals surface area contributed by atoms with E-state index in [0.29, 0.717) is 19.3 Å². The maximum atomic E-state index is 12.3. The van der Waals surface area contributed by atoms with E-state index in [-0.39, 0.29) is 17.4 Å². The molecule has 5 nitrogen and oxygen atoms in total. The second-order valence-electron chi connectivity index (χ2n) is 4.89. The van der Waals surface area contributed by atoms with Crippen molar-refractivity contribution in [2.24, 2.45) is 5.92 Å². The number of hydrogen-bond donors (Lipinski definition) is 2. The van der Waals surface area contributed by atoms with Crippen molar-refractivity contribution < 1.29 is 28.2 Å². The summed E-state index contributed by atoms with van der Waals surface area (Å²) in [5.74, 6) is -2.09. The number of hydrogen-bond acceptors (Lipinski definition) is 3. The van der Waals surface area contributed by atoms with E-state index in [4.69, 9.17) is 5.11 Å². The standard InChI is InChI=1S/C14H15F2NO4/c15-14(16)21-11-4-2-1-3-10(11)12(18)17-9-6-5-8(7-9)13(19)20/h1-4,8-9,14H,5-7H2,(H,17,18)(H,19,20)/t8-,9+/m0/s1. The van der Waals surface area contributed by atoms with Crippen molar-refractivity contribution in [3.05, 3.63) is 29.8 Å². The van der Waals surface area contributed by atoms with Crippen molar-refractivity contribution in [3.8, 4) is 5.75 Å². The number of para-hydroxylation sites is 1. The topological polar surface area (TPSA) is 75.6 Å². The van der Waals surface area contributed by atoms with Crippen molar-refractivity contribution in [2.45, 2.75) is 31.9 Å². The zero-order valence-corrected chi connectivity index (χ0v) is 11.1. The highest BCUT2D eigenvalue weighted by Crippen LogP contribution is 2.27. The van der Waals surface area contributed by atoms with Crippen LogP contribution in [-0.4, -0.2) is 29.6 Å². The molecule has 2 atom stereocenters. The molecular formula is C14H15F2NO4. The van der Waals surface area contributed by atoms with Gasteiger partial charge in [0.05, 0.1) is 11.5 Å². The molecule has 2 rings (SSSR count). The molecule has 1 aliphatic carbocycles. The molecule has 0 aliphatic heterocycles. The molecule has 21 heavy (non-hydrogen) atoms. The van der Waals surface area contributed by atoms with Crippen LogP contribution < -0.4 is 10.1 Å². The van der Waals surface area contributed by atoms with Gasteiger partial charge >= 0.3 is 12.6 Å². The summed E-state index contributed by atoms with van der Waals surface area (Å²) < 4.78 is 28.9. The Morgan fingerprint density at radius 1 is 1.29 bits per heavy atom. The highest BCUT2D eigenvalue weighted by Gasteiger charge is 2.31. The number of aliphatic carboxylic acids is 1. The molecule has 2 N–H and O–H groups in total. The highest BCUT2D eigenvalue weighted by molar-refractivity contribution is 5.97. The molecule has 0 radical (unpaired) electrons. The van der Waals surface area contributed by atoms with Gasteiger partial charge in [-0.15, -0.1) is 0 Å². The summed E-state index contributed by atoms with van der Waals surface area (Å²) in [5, 5.41) is 11.6. The van der Waals surface area contributed by atoms with Crippen LogP contribution in [0.2, 0.25) is 0 Å². The zero-order chi connectivity index (χ0) is 15.4. The summed E-state index contributed by atoms with van der Waals surface area (Å²) in [5.41, 5.74) is 0.0107. The Bertz CT molecular complexity index is 535. The minimum absolute atomic E-state index is 0.0107. The number of benzene rings is 1. The van der Waals surface area contributed by atoms with E-state index < -0.39 is 24.4 Å². The second kappa shape index (κ2) is 6.51. The van der Waals surface area contributed by atoms with E-state index in [1.54, 1.807) is 6.07 Å². The lowest BCUT2D eigenvalue weighted by Gasteiger charge is -2.14. The maximum Gasteiger partial charge on any atom is 0.387 e. The van der Waals surface area contributed by atoms with E-state index in [2.05, 4.69) is 10.1 Å². The maximum absolute atomic E-state index is 12.3. The monoisotopic (exact) mass is 299 g/mol. The molecule has 0 spiro atoms. The Hall–Kier alpha value is -2.18. The molecule has 1 aromatic rings. The van der Waals surface area contributed by atoms with E-state index >= 15 is 0 Å². The summed E-state index contributed by atoms with van der Waals surface area (Å²) in [6.07, 6.45) is 1.40. The molecule has 7 heteroatoms. The van der Waals surface area contributed by atoms with Crippen LogP contribution in [-0.2, 0) is 4.79 Å². The number of nitrogens with one attached hydrogen (secondary N) is 1. The van der Waals surface area contributed by atoms with Crippen LogP contribution in [0.4, 0.5) is 8.78 Å². The van der Waals surface area contributed by atoms with Gasteiger partial charge in [0.25, 0.3) is 5.91 Å². The first kappa shape index (κ1) is 15.2. The van der Waals surface area contributed by atoms with E-state index in [1.165, 1.54) is 18.2 Å². The lowest BCUT2D eigenvalue weighted by molar-refractivity contribution is -0.141. The summed E-state index contributed by atoms with van der Waals surface area (Å²) in [4.78, 5) is 23.0. The third-order valence-electron chi connectivity index (χ3n) is 3.46. The fraction of sp³-hybridized carbons (Fsp3) is 0.429. The van der Waals surface area contributed by atoms with Crippen LogP contribution in [0.15, 0.2) is 24.3 Å². The fourth-order valence-electron chi connectivity index (χ4n) is 2.45. The van der Waals surface area contributed by atoms with Crippen molar-refractivity contribution in [3.63, 3.8) is 0 Å². The first-order valence-electron chi connectivity index (χ1n) is 6.55. The molecule has 1 saturated carbocycles. The van der Waals surface area contributed by atoms with Gasteiger partial charge in [0.2, 0.25) is 0 Å². The van der Waals surface area contributed by atoms with Gasteiger partial charge in [-0.2, -0.15) is 8.78 Å². The molecule has 0 aromatic heterocycles. The Labute approximate surface area is 119 Å². The summed E-state index contributed by atoms with van der Waals surface area (Å²) in [6, 6.07) is 5.44. The lowest BCUT2D eigenvalue weighted by atomic mass is 10.1.